The molecule has 4 nitrogen and oxygen atoms in total. The quantitative estimate of drug-likeness (QED) is 0.321. The average molecular weight is 423 g/mol. The van der Waals surface area contributed by atoms with Gasteiger partial charge in [0.25, 0.3) is 0 Å². The number of hydrogen-bond acceptors (Lipinski definition) is 4. The topological polar surface area (TPSA) is 52.1 Å². The van der Waals surface area contributed by atoms with E-state index in [1.807, 2.05) is 60.7 Å². The summed E-state index contributed by atoms with van der Waals surface area (Å²) in [6.45, 7) is 6.25. The summed E-state index contributed by atoms with van der Waals surface area (Å²) in [5.74, 6) is -0.332. The molecule has 160 valence electrons. The van der Waals surface area contributed by atoms with Gasteiger partial charge in [-0.1, -0.05) is 98.8 Å². The van der Waals surface area contributed by atoms with Gasteiger partial charge >= 0.3 is 5.97 Å². The lowest BCUT2D eigenvalue weighted by Crippen LogP contribution is -2.14. The molecule has 0 atom stereocenters. The van der Waals surface area contributed by atoms with E-state index < -0.39 is 5.97 Å². The van der Waals surface area contributed by atoms with Gasteiger partial charge in [0, 0.05) is 11.1 Å². The second-order valence-corrected chi connectivity index (χ2v) is 7.84. The lowest BCUT2D eigenvalue weighted by atomic mass is 9.98. The van der Waals surface area contributed by atoms with Crippen molar-refractivity contribution in [3.63, 3.8) is 0 Å². The van der Waals surface area contributed by atoms with Crippen LogP contribution in [0.15, 0.2) is 84.9 Å². The molecule has 32 heavy (non-hydrogen) atoms. The van der Waals surface area contributed by atoms with Gasteiger partial charge in [0.1, 0.15) is 5.69 Å². The molecular weight excluding hydrogens is 396 g/mol. The van der Waals surface area contributed by atoms with Crippen LogP contribution in [0.1, 0.15) is 42.9 Å². The molecule has 1 aromatic heterocycles. The number of rotatable bonds is 6. The van der Waals surface area contributed by atoms with Crippen LogP contribution in [0.2, 0.25) is 0 Å². The molecule has 0 bridgehead atoms. The van der Waals surface area contributed by atoms with E-state index >= 15 is 0 Å². The molecule has 4 heteroatoms. The number of nitrogens with zero attached hydrogens (tertiary/aromatic N) is 2. The van der Waals surface area contributed by atoms with Crippen molar-refractivity contribution in [1.82, 2.24) is 9.97 Å². The van der Waals surface area contributed by atoms with E-state index in [2.05, 4.69) is 38.1 Å². The normalized spacial score (nSPS) is 10.9. The fourth-order valence-electron chi connectivity index (χ4n) is 3.65. The smallest absolute Gasteiger partial charge is 0.359 e. The molecule has 0 N–H and O–H groups in total. The molecule has 4 rings (SSSR count). The van der Waals surface area contributed by atoms with E-state index in [4.69, 9.17) is 14.7 Å². The van der Waals surface area contributed by atoms with Crippen molar-refractivity contribution in [2.45, 2.75) is 26.7 Å². The first-order valence-electron chi connectivity index (χ1n) is 10.9. The molecule has 0 saturated carbocycles. The molecule has 4 aromatic rings. The minimum Gasteiger partial charge on any atom is -0.461 e. The van der Waals surface area contributed by atoms with E-state index in [1.54, 1.807) is 6.92 Å². The van der Waals surface area contributed by atoms with Gasteiger partial charge in [-0.3, -0.25) is 0 Å². The number of benzene rings is 3. The zero-order valence-electron chi connectivity index (χ0n) is 18.6. The molecule has 3 aromatic carbocycles. The summed E-state index contributed by atoms with van der Waals surface area (Å²) in [5.41, 5.74) is 6.40. The monoisotopic (exact) mass is 422 g/mol. The standard InChI is InChI=1S/C28H26N2O2/c1-4-32-28(31)27-26(22-13-9-6-10-14-22)29-24(19(2)3)25(30-27)23-17-15-21(16-18-23)20-11-7-5-8-12-20/h5-19H,4H2,1-3H3. The summed E-state index contributed by atoms with van der Waals surface area (Å²) in [6, 6.07) is 28.1. The number of carbonyl (C=O) groups excluding carboxylic acids is 1. The largest absolute Gasteiger partial charge is 0.461 e. The highest BCUT2D eigenvalue weighted by atomic mass is 16.5. The Labute approximate surface area is 189 Å². The van der Waals surface area contributed by atoms with Crippen molar-refractivity contribution in [1.29, 1.82) is 0 Å². The van der Waals surface area contributed by atoms with Crippen molar-refractivity contribution in [2.24, 2.45) is 0 Å². The van der Waals surface area contributed by atoms with E-state index in [9.17, 15) is 4.79 Å². The molecule has 1 heterocycles. The number of ether oxygens (including phenoxy) is 1. The van der Waals surface area contributed by atoms with Crippen LogP contribution < -0.4 is 0 Å². The van der Waals surface area contributed by atoms with Crippen molar-refractivity contribution in [3.05, 3.63) is 96.3 Å². The highest BCUT2D eigenvalue weighted by molar-refractivity contribution is 5.95. The molecule has 0 radical (unpaired) electrons. The van der Waals surface area contributed by atoms with Crippen LogP contribution in [-0.4, -0.2) is 22.5 Å². The van der Waals surface area contributed by atoms with Gasteiger partial charge in [-0.15, -0.1) is 0 Å². The summed E-state index contributed by atoms with van der Waals surface area (Å²) in [5, 5.41) is 0. The summed E-state index contributed by atoms with van der Waals surface area (Å²) in [6.07, 6.45) is 0. The van der Waals surface area contributed by atoms with E-state index in [0.717, 1.165) is 27.9 Å². The molecule has 0 unspecified atom stereocenters. The first kappa shape index (κ1) is 21.4. The predicted molar refractivity (Wildman–Crippen MR) is 128 cm³/mol. The molecule has 0 saturated heterocycles. The van der Waals surface area contributed by atoms with Crippen LogP contribution in [0.4, 0.5) is 0 Å². The molecule has 0 amide bonds. The Balaban J connectivity index is 1.86. The Morgan fingerprint density at radius 3 is 1.78 bits per heavy atom. The van der Waals surface area contributed by atoms with Gasteiger partial charge in [0.2, 0.25) is 0 Å². The van der Waals surface area contributed by atoms with Gasteiger partial charge < -0.3 is 4.74 Å². The van der Waals surface area contributed by atoms with Crippen LogP contribution >= 0.6 is 0 Å². The first-order chi connectivity index (χ1) is 15.6. The lowest BCUT2D eigenvalue weighted by Gasteiger charge is -2.16. The molecule has 0 aliphatic rings. The summed E-state index contributed by atoms with van der Waals surface area (Å²) in [7, 11) is 0. The van der Waals surface area contributed by atoms with Crippen molar-refractivity contribution in [3.8, 4) is 33.6 Å². The minimum absolute atomic E-state index is 0.130. The van der Waals surface area contributed by atoms with Crippen LogP contribution in [0.25, 0.3) is 33.6 Å². The number of hydrogen-bond donors (Lipinski definition) is 0. The summed E-state index contributed by atoms with van der Waals surface area (Å²) >= 11 is 0. The third-order valence-corrected chi connectivity index (χ3v) is 5.25. The van der Waals surface area contributed by atoms with Gasteiger partial charge in [-0.25, -0.2) is 14.8 Å². The second kappa shape index (κ2) is 9.56. The van der Waals surface area contributed by atoms with Crippen LogP contribution in [-0.2, 0) is 4.74 Å². The van der Waals surface area contributed by atoms with Gasteiger partial charge in [0.05, 0.1) is 18.0 Å². The summed E-state index contributed by atoms with van der Waals surface area (Å²) < 4.78 is 5.32. The summed E-state index contributed by atoms with van der Waals surface area (Å²) in [4.78, 5) is 22.6. The third kappa shape index (κ3) is 4.45. The molecule has 0 aliphatic heterocycles. The molecule has 0 aliphatic carbocycles. The van der Waals surface area contributed by atoms with E-state index in [0.29, 0.717) is 11.4 Å². The predicted octanol–water partition coefficient (Wildman–Crippen LogP) is 6.78. The molecule has 0 fully saturated rings. The Morgan fingerprint density at radius 2 is 1.22 bits per heavy atom. The van der Waals surface area contributed by atoms with E-state index in [-0.39, 0.29) is 18.2 Å². The van der Waals surface area contributed by atoms with E-state index in [1.165, 1.54) is 0 Å². The van der Waals surface area contributed by atoms with Crippen LogP contribution in [0.5, 0.6) is 0 Å². The maximum absolute atomic E-state index is 12.8. The second-order valence-electron chi connectivity index (χ2n) is 7.84. The molecule has 0 spiro atoms. The highest BCUT2D eigenvalue weighted by Crippen LogP contribution is 2.32. The fraction of sp³-hybridized carbons (Fsp3) is 0.179. The van der Waals surface area contributed by atoms with Crippen LogP contribution in [0.3, 0.4) is 0 Å². The Morgan fingerprint density at radius 1 is 0.719 bits per heavy atom. The maximum atomic E-state index is 12.8. The molecular formula is C28H26N2O2. The van der Waals surface area contributed by atoms with Gasteiger partial charge in [0.15, 0.2) is 5.69 Å². The Bertz CT molecular complexity index is 1200. The zero-order chi connectivity index (χ0) is 22.5. The third-order valence-electron chi connectivity index (χ3n) is 5.25. The SMILES string of the molecule is CCOC(=O)c1nc(-c2ccc(-c3ccccc3)cc2)c(C(C)C)nc1-c1ccccc1. The highest BCUT2D eigenvalue weighted by Gasteiger charge is 2.23. The van der Waals surface area contributed by atoms with Gasteiger partial charge in [-0.2, -0.15) is 0 Å². The maximum Gasteiger partial charge on any atom is 0.359 e. The lowest BCUT2D eigenvalue weighted by molar-refractivity contribution is 0.0520. The minimum atomic E-state index is -0.462. The first-order valence-corrected chi connectivity index (χ1v) is 10.9. The zero-order valence-corrected chi connectivity index (χ0v) is 18.6. The number of esters is 1. The van der Waals surface area contributed by atoms with Crippen molar-refractivity contribution < 1.29 is 9.53 Å². The average Bonchev–Trinajstić information content (AvgIpc) is 2.84. The van der Waals surface area contributed by atoms with Crippen molar-refractivity contribution in [2.75, 3.05) is 6.61 Å². The number of aromatic nitrogens is 2. The Kier molecular flexibility index (Phi) is 6.41. The van der Waals surface area contributed by atoms with Crippen LogP contribution in [0, 0.1) is 0 Å². The van der Waals surface area contributed by atoms with Crippen molar-refractivity contribution >= 4 is 5.97 Å². The fourth-order valence-corrected chi connectivity index (χ4v) is 3.65. The number of carbonyl (C=O) groups is 1. The Hall–Kier alpha value is -3.79. The van der Waals surface area contributed by atoms with Gasteiger partial charge in [-0.05, 0) is 24.0 Å².